The van der Waals surface area contributed by atoms with Crippen LogP contribution in [0.1, 0.15) is 65.3 Å². The van der Waals surface area contributed by atoms with Crippen LogP contribution >= 0.6 is 0 Å². The molecular weight excluding hydrogens is 660 g/mol. The Balaban J connectivity index is 0.987. The summed E-state index contributed by atoms with van der Waals surface area (Å²) >= 11 is 0. The number of nitrogens with zero attached hydrogens (tertiary/aromatic N) is 4. The molecule has 2 atom stereocenters. The zero-order valence-electron chi connectivity index (χ0n) is 29.7. The molecule has 52 heavy (non-hydrogen) atoms. The van der Waals surface area contributed by atoms with Gasteiger partial charge >= 0.3 is 0 Å². The van der Waals surface area contributed by atoms with E-state index in [1.165, 1.54) is 0 Å². The second-order valence-corrected chi connectivity index (χ2v) is 12.7. The first-order valence-electron chi connectivity index (χ1n) is 17.4. The van der Waals surface area contributed by atoms with E-state index in [-0.39, 0.29) is 23.9 Å². The van der Waals surface area contributed by atoms with Gasteiger partial charge in [-0.2, -0.15) is 0 Å². The van der Waals surface area contributed by atoms with E-state index < -0.39 is 0 Å². The standard InChI is InChI=1S/C41H40N4O7/c1-5-6-7-9-26-16-29-22-42-34-20-38(36(49-3)18-32(34)40(46)44(29)24-26)51-14-8-15-52-39-21-35-33(19-37(39)50-4)41(47)45-25-28(17-30(45)23-43-35)27-10-12-31(48-2)13-11-27/h10-13,18-25,29-30H,5-6,8,14-17H2,1-4H3/t29-,30-/m0/s1. The Kier molecular flexibility index (Phi) is 9.98. The van der Waals surface area contributed by atoms with Crippen LogP contribution in [0.2, 0.25) is 0 Å². The number of methoxy groups -OCH3 is 3. The average molecular weight is 701 g/mol. The molecule has 266 valence electrons. The Morgan fingerprint density at radius 3 is 1.87 bits per heavy atom. The van der Waals surface area contributed by atoms with Crippen LogP contribution in [0.25, 0.3) is 5.57 Å². The lowest BCUT2D eigenvalue weighted by Crippen LogP contribution is -2.32. The van der Waals surface area contributed by atoms with Gasteiger partial charge in [0.1, 0.15) is 5.75 Å². The number of unbranched alkanes of at least 4 members (excludes halogenated alkanes) is 1. The normalized spacial score (nSPS) is 18.2. The van der Waals surface area contributed by atoms with Crippen LogP contribution in [0.5, 0.6) is 28.7 Å². The zero-order chi connectivity index (χ0) is 36.2. The van der Waals surface area contributed by atoms with Crippen LogP contribution < -0.4 is 23.7 Å². The fourth-order valence-corrected chi connectivity index (χ4v) is 6.56. The van der Waals surface area contributed by atoms with Crippen LogP contribution in [0.4, 0.5) is 11.4 Å². The highest BCUT2D eigenvalue weighted by atomic mass is 16.5. The maximum atomic E-state index is 13.7. The minimum absolute atomic E-state index is 0.154. The number of ether oxygens (including phenoxy) is 5. The van der Waals surface area contributed by atoms with Crippen LogP contribution in [-0.4, -0.2) is 80.7 Å². The molecule has 11 nitrogen and oxygen atoms in total. The molecule has 4 heterocycles. The lowest BCUT2D eigenvalue weighted by molar-refractivity contribution is 0.0809. The van der Waals surface area contributed by atoms with E-state index in [2.05, 4.69) is 23.8 Å². The molecule has 0 unspecified atom stereocenters. The third kappa shape index (κ3) is 6.84. The van der Waals surface area contributed by atoms with Gasteiger partial charge in [0.15, 0.2) is 23.0 Å². The Morgan fingerprint density at radius 1 is 0.731 bits per heavy atom. The summed E-state index contributed by atoms with van der Waals surface area (Å²) in [6.45, 7) is 2.71. The lowest BCUT2D eigenvalue weighted by atomic mass is 10.0. The largest absolute Gasteiger partial charge is 0.497 e. The first-order valence-corrected chi connectivity index (χ1v) is 17.4. The van der Waals surface area contributed by atoms with Crippen LogP contribution in [0.15, 0.2) is 76.5 Å². The fraction of sp³-hybridized carbons (Fsp3) is 0.317. The van der Waals surface area contributed by atoms with E-state index in [9.17, 15) is 9.59 Å². The topological polar surface area (TPSA) is 111 Å². The molecule has 0 saturated carbocycles. The van der Waals surface area contributed by atoms with Gasteiger partial charge in [-0.25, -0.2) is 0 Å². The monoisotopic (exact) mass is 700 g/mol. The maximum absolute atomic E-state index is 13.7. The number of fused-ring (bicyclic) bond motifs is 4. The summed E-state index contributed by atoms with van der Waals surface area (Å²) < 4.78 is 28.7. The summed E-state index contributed by atoms with van der Waals surface area (Å²) in [5.41, 5.74) is 4.94. The molecule has 0 saturated heterocycles. The van der Waals surface area contributed by atoms with Gasteiger partial charge < -0.3 is 33.5 Å². The first-order chi connectivity index (χ1) is 25.4. The minimum atomic E-state index is -0.199. The molecule has 7 rings (SSSR count). The molecule has 0 aromatic heterocycles. The molecule has 11 heteroatoms. The number of hydrogen-bond donors (Lipinski definition) is 0. The van der Waals surface area contributed by atoms with Crippen molar-refractivity contribution in [3.63, 3.8) is 0 Å². The summed E-state index contributed by atoms with van der Waals surface area (Å²) in [6, 6.07) is 14.3. The summed E-state index contributed by atoms with van der Waals surface area (Å²) in [4.78, 5) is 40.0. The van der Waals surface area contributed by atoms with Crippen molar-refractivity contribution in [2.45, 2.75) is 51.1 Å². The maximum Gasteiger partial charge on any atom is 0.260 e. The number of carbonyl (C=O) groups excluding carboxylic acids is 2. The predicted molar refractivity (Wildman–Crippen MR) is 199 cm³/mol. The van der Waals surface area contributed by atoms with Gasteiger partial charge in [0.2, 0.25) is 0 Å². The van der Waals surface area contributed by atoms with E-state index in [0.29, 0.717) is 78.0 Å². The van der Waals surface area contributed by atoms with Crippen molar-refractivity contribution in [3.8, 4) is 40.6 Å². The second kappa shape index (κ2) is 15.1. The second-order valence-electron chi connectivity index (χ2n) is 12.7. The first kappa shape index (κ1) is 34.4. The van der Waals surface area contributed by atoms with Gasteiger partial charge in [0.05, 0.1) is 69.1 Å². The third-order valence-electron chi connectivity index (χ3n) is 9.32. The van der Waals surface area contributed by atoms with Gasteiger partial charge in [-0.15, -0.1) is 0 Å². The summed E-state index contributed by atoms with van der Waals surface area (Å²) in [5, 5.41) is 0. The van der Waals surface area contributed by atoms with E-state index in [1.54, 1.807) is 61.6 Å². The van der Waals surface area contributed by atoms with E-state index in [4.69, 9.17) is 28.7 Å². The zero-order valence-corrected chi connectivity index (χ0v) is 29.7. The van der Waals surface area contributed by atoms with Crippen LogP contribution in [-0.2, 0) is 0 Å². The molecule has 4 aliphatic rings. The number of rotatable bonds is 11. The van der Waals surface area contributed by atoms with Crippen molar-refractivity contribution in [2.75, 3.05) is 34.5 Å². The highest BCUT2D eigenvalue weighted by Gasteiger charge is 2.34. The Bertz CT molecular complexity index is 2070. The highest BCUT2D eigenvalue weighted by Crippen LogP contribution is 2.41. The SMILES string of the molecule is CCCC#CC1=CN2C(=O)c3cc(OC)c(OCCCOc4cc5c(cc4OC)C(=O)N4C=C(c6ccc(OC)cc6)C[C@H]4C=N5)cc3N=C[C@@H]2C1. The Labute approximate surface area is 303 Å². The van der Waals surface area contributed by atoms with Crippen molar-refractivity contribution >= 4 is 41.2 Å². The van der Waals surface area contributed by atoms with Gasteiger partial charge in [-0.05, 0) is 41.8 Å². The summed E-state index contributed by atoms with van der Waals surface area (Å²) in [6.07, 6.45) is 11.0. The van der Waals surface area contributed by atoms with E-state index >= 15 is 0 Å². The molecular formula is C41H40N4O7. The van der Waals surface area contributed by atoms with Crippen molar-refractivity contribution < 1.29 is 33.3 Å². The lowest BCUT2D eigenvalue weighted by Gasteiger charge is -2.19. The molecule has 0 radical (unpaired) electrons. The van der Waals surface area contributed by atoms with Gasteiger partial charge in [0.25, 0.3) is 11.8 Å². The number of benzene rings is 3. The molecule has 4 aliphatic heterocycles. The Hall–Kier alpha value is -6.02. The quantitative estimate of drug-likeness (QED) is 0.154. The fourth-order valence-electron chi connectivity index (χ4n) is 6.56. The molecule has 0 N–H and O–H groups in total. The molecule has 2 amide bonds. The molecule has 0 fully saturated rings. The highest BCUT2D eigenvalue weighted by molar-refractivity contribution is 6.06. The van der Waals surface area contributed by atoms with Crippen molar-refractivity contribution in [2.24, 2.45) is 9.98 Å². The molecule has 0 aliphatic carbocycles. The number of carbonyl (C=O) groups is 2. The third-order valence-corrected chi connectivity index (χ3v) is 9.32. The minimum Gasteiger partial charge on any atom is -0.497 e. The van der Waals surface area contributed by atoms with Crippen LogP contribution in [0.3, 0.4) is 0 Å². The van der Waals surface area contributed by atoms with Gasteiger partial charge in [-0.1, -0.05) is 30.9 Å². The predicted octanol–water partition coefficient (Wildman–Crippen LogP) is 7.15. The van der Waals surface area contributed by atoms with E-state index in [1.807, 2.05) is 42.9 Å². The molecule has 3 aromatic carbocycles. The number of hydrogen-bond acceptors (Lipinski definition) is 9. The van der Waals surface area contributed by atoms with Crippen molar-refractivity contribution in [3.05, 3.63) is 83.2 Å². The van der Waals surface area contributed by atoms with Crippen molar-refractivity contribution in [1.29, 1.82) is 0 Å². The van der Waals surface area contributed by atoms with Crippen molar-refractivity contribution in [1.82, 2.24) is 9.80 Å². The van der Waals surface area contributed by atoms with Gasteiger partial charge in [-0.3, -0.25) is 19.6 Å². The summed E-state index contributed by atoms with van der Waals surface area (Å²) in [5.74, 6) is 8.65. The Morgan fingerprint density at radius 2 is 1.31 bits per heavy atom. The summed E-state index contributed by atoms with van der Waals surface area (Å²) in [7, 11) is 4.72. The van der Waals surface area contributed by atoms with E-state index in [0.717, 1.165) is 35.3 Å². The number of amides is 2. The molecule has 3 aromatic rings. The molecule has 0 spiro atoms. The number of aliphatic imine (C=N–C) groups is 2. The smallest absolute Gasteiger partial charge is 0.260 e. The van der Waals surface area contributed by atoms with Crippen LogP contribution in [0, 0.1) is 11.8 Å². The molecule has 0 bridgehead atoms. The van der Waals surface area contributed by atoms with Gasteiger partial charge in [0, 0.05) is 68.2 Å². The average Bonchev–Trinajstić information content (AvgIpc) is 3.74.